The molecule has 1 N–H and O–H groups in total. The van der Waals surface area contributed by atoms with Crippen LogP contribution in [0.3, 0.4) is 0 Å². The van der Waals surface area contributed by atoms with Crippen LogP contribution in [-0.2, 0) is 0 Å². The molecule has 5 rings (SSSR count). The highest BCUT2D eigenvalue weighted by Gasteiger charge is 2.30. The lowest BCUT2D eigenvalue weighted by molar-refractivity contribution is 0.0520. The summed E-state index contributed by atoms with van der Waals surface area (Å²) in [6.07, 6.45) is 6.51. The van der Waals surface area contributed by atoms with Gasteiger partial charge in [-0.25, -0.2) is 4.52 Å². The van der Waals surface area contributed by atoms with E-state index in [0.717, 1.165) is 24.2 Å². The Morgan fingerprint density at radius 2 is 1.86 bits per heavy atom. The van der Waals surface area contributed by atoms with Crippen LogP contribution in [0, 0.1) is 6.92 Å². The van der Waals surface area contributed by atoms with Crippen LogP contribution in [0.1, 0.15) is 48.2 Å². The molecule has 1 aliphatic carbocycles. The summed E-state index contributed by atoms with van der Waals surface area (Å²) < 4.78 is 1.49. The molecular weight excluding hydrogens is 368 g/mol. The summed E-state index contributed by atoms with van der Waals surface area (Å²) in [5, 5.41) is 8.23. The first-order valence-electron chi connectivity index (χ1n) is 10.5. The number of hydrogen-bond acceptors (Lipinski definition) is 5. The van der Waals surface area contributed by atoms with Crippen LogP contribution in [0.25, 0.3) is 16.6 Å². The van der Waals surface area contributed by atoms with Gasteiger partial charge < -0.3 is 9.88 Å². The Hall–Kier alpha value is -2.74. The first-order chi connectivity index (χ1) is 14.1. The summed E-state index contributed by atoms with van der Waals surface area (Å²) in [4.78, 5) is 33.0. The fourth-order valence-electron chi connectivity index (χ4n) is 4.80. The molecule has 1 saturated heterocycles. The van der Waals surface area contributed by atoms with Crippen molar-refractivity contribution in [2.24, 2.45) is 0 Å². The average Bonchev–Trinajstić information content (AvgIpc) is 3.20. The maximum Gasteiger partial charge on any atom is 0.277 e. The van der Waals surface area contributed by atoms with Gasteiger partial charge in [0.2, 0.25) is 0 Å². The number of hydrogen-bond donors (Lipinski definition) is 1. The molecule has 152 valence electrons. The number of benzene rings is 1. The number of piperazine rings is 1. The molecule has 8 nitrogen and oxygen atoms in total. The van der Waals surface area contributed by atoms with E-state index in [1.54, 1.807) is 0 Å². The lowest BCUT2D eigenvalue weighted by Crippen LogP contribution is -2.52. The predicted molar refractivity (Wildman–Crippen MR) is 110 cm³/mol. The number of H-pyrrole nitrogens is 1. The minimum absolute atomic E-state index is 0.139. The molecule has 1 saturated carbocycles. The number of carbonyl (C=O) groups excluding carboxylic acids is 1. The highest BCUT2D eigenvalue weighted by atomic mass is 16.2. The fourth-order valence-corrected chi connectivity index (χ4v) is 4.80. The number of aromatic nitrogens is 4. The maximum atomic E-state index is 13.1. The van der Waals surface area contributed by atoms with Gasteiger partial charge in [0.25, 0.3) is 11.5 Å². The van der Waals surface area contributed by atoms with Crippen LogP contribution >= 0.6 is 0 Å². The smallest absolute Gasteiger partial charge is 0.277 e. The van der Waals surface area contributed by atoms with Crippen molar-refractivity contribution in [2.45, 2.75) is 45.1 Å². The summed E-state index contributed by atoms with van der Waals surface area (Å²) in [7, 11) is 0. The summed E-state index contributed by atoms with van der Waals surface area (Å²) in [6.45, 7) is 5.06. The zero-order valence-electron chi connectivity index (χ0n) is 16.7. The maximum absolute atomic E-state index is 13.1. The lowest BCUT2D eigenvalue weighted by atomic mass is 9.94. The Bertz CT molecular complexity index is 1120. The van der Waals surface area contributed by atoms with Crippen molar-refractivity contribution in [3.8, 4) is 0 Å². The molecule has 2 fully saturated rings. The molecule has 0 unspecified atom stereocenters. The van der Waals surface area contributed by atoms with Gasteiger partial charge in [0.05, 0.1) is 11.0 Å². The van der Waals surface area contributed by atoms with Crippen molar-refractivity contribution in [1.82, 2.24) is 29.6 Å². The van der Waals surface area contributed by atoms with E-state index in [9.17, 15) is 9.59 Å². The Morgan fingerprint density at radius 3 is 2.62 bits per heavy atom. The van der Waals surface area contributed by atoms with Crippen LogP contribution in [0.4, 0.5) is 0 Å². The van der Waals surface area contributed by atoms with Crippen LogP contribution in [0.2, 0.25) is 0 Å². The summed E-state index contributed by atoms with van der Waals surface area (Å²) in [5.41, 5.74) is 2.49. The molecule has 0 radical (unpaired) electrons. The van der Waals surface area contributed by atoms with E-state index in [4.69, 9.17) is 0 Å². The monoisotopic (exact) mass is 394 g/mol. The molecule has 1 amide bonds. The number of aryl methyl sites for hydroxylation is 1. The van der Waals surface area contributed by atoms with Gasteiger partial charge in [-0.3, -0.25) is 14.5 Å². The van der Waals surface area contributed by atoms with E-state index >= 15 is 0 Å². The van der Waals surface area contributed by atoms with Crippen molar-refractivity contribution in [1.29, 1.82) is 0 Å². The lowest BCUT2D eigenvalue weighted by Gasteiger charge is -2.40. The SMILES string of the molecule is Cc1ccc2c(c1)[nH]c(=O)c1c(C(=O)N3CCN(C4CCCCC4)CC3)nnn12. The molecule has 8 heteroatoms. The van der Waals surface area contributed by atoms with Gasteiger partial charge in [0.1, 0.15) is 0 Å². The second-order valence-corrected chi connectivity index (χ2v) is 8.29. The molecule has 2 aromatic heterocycles. The molecule has 0 spiro atoms. The Kier molecular flexibility index (Phi) is 4.58. The Balaban J connectivity index is 1.40. The van der Waals surface area contributed by atoms with E-state index < -0.39 is 0 Å². The highest BCUT2D eigenvalue weighted by Crippen LogP contribution is 2.24. The zero-order chi connectivity index (χ0) is 20.0. The predicted octanol–water partition coefficient (Wildman–Crippen LogP) is 1.97. The first-order valence-corrected chi connectivity index (χ1v) is 10.5. The van der Waals surface area contributed by atoms with Crippen molar-refractivity contribution in [3.63, 3.8) is 0 Å². The third kappa shape index (κ3) is 3.21. The Morgan fingerprint density at radius 1 is 1.10 bits per heavy atom. The molecule has 2 aliphatic rings. The first kappa shape index (κ1) is 18.3. The standard InChI is InChI=1S/C21H26N6O2/c1-14-7-8-17-16(13-14)22-20(28)19-18(23-24-27(17)19)21(29)26-11-9-25(10-12-26)15-5-3-2-4-6-15/h7-8,13,15H,2-6,9-12H2,1H3,(H,22,28). The van der Waals surface area contributed by atoms with Gasteiger partial charge in [-0.15, -0.1) is 5.10 Å². The van der Waals surface area contributed by atoms with Crippen molar-refractivity contribution >= 4 is 22.5 Å². The molecular formula is C21H26N6O2. The molecule has 1 aromatic carbocycles. The minimum Gasteiger partial charge on any atom is -0.335 e. The topological polar surface area (TPSA) is 86.6 Å². The third-order valence-corrected chi connectivity index (χ3v) is 6.41. The molecule has 1 aliphatic heterocycles. The second kappa shape index (κ2) is 7.26. The number of carbonyl (C=O) groups is 1. The van der Waals surface area contributed by atoms with Gasteiger partial charge >= 0.3 is 0 Å². The van der Waals surface area contributed by atoms with Crippen LogP contribution < -0.4 is 5.56 Å². The van der Waals surface area contributed by atoms with E-state index in [-0.39, 0.29) is 22.7 Å². The van der Waals surface area contributed by atoms with Gasteiger partial charge in [0, 0.05) is 32.2 Å². The van der Waals surface area contributed by atoms with Crippen LogP contribution in [0.5, 0.6) is 0 Å². The van der Waals surface area contributed by atoms with Gasteiger partial charge in [0.15, 0.2) is 11.2 Å². The minimum atomic E-state index is -0.336. The summed E-state index contributed by atoms with van der Waals surface area (Å²) >= 11 is 0. The number of rotatable bonds is 2. The second-order valence-electron chi connectivity index (χ2n) is 8.29. The number of aromatic amines is 1. The summed E-state index contributed by atoms with van der Waals surface area (Å²) in [6, 6.07) is 6.39. The number of nitrogens with one attached hydrogen (secondary N) is 1. The van der Waals surface area contributed by atoms with Crippen molar-refractivity contribution in [3.05, 3.63) is 39.8 Å². The number of amides is 1. The normalized spacial score (nSPS) is 19.3. The highest BCUT2D eigenvalue weighted by molar-refractivity contribution is 5.99. The molecule has 0 bridgehead atoms. The van der Waals surface area contributed by atoms with E-state index in [0.29, 0.717) is 24.6 Å². The fraction of sp³-hybridized carbons (Fsp3) is 0.524. The third-order valence-electron chi connectivity index (χ3n) is 6.41. The average molecular weight is 394 g/mol. The number of fused-ring (bicyclic) bond motifs is 3. The van der Waals surface area contributed by atoms with Crippen LogP contribution in [-0.4, -0.2) is 67.7 Å². The van der Waals surface area contributed by atoms with Gasteiger partial charge in [-0.1, -0.05) is 30.5 Å². The van der Waals surface area contributed by atoms with Crippen LogP contribution in [0.15, 0.2) is 23.0 Å². The molecule has 29 heavy (non-hydrogen) atoms. The zero-order valence-corrected chi connectivity index (χ0v) is 16.7. The van der Waals surface area contributed by atoms with E-state index in [1.807, 2.05) is 30.0 Å². The molecule has 0 atom stereocenters. The largest absolute Gasteiger partial charge is 0.335 e. The van der Waals surface area contributed by atoms with Gasteiger partial charge in [-0.05, 0) is 37.5 Å². The van der Waals surface area contributed by atoms with E-state index in [1.165, 1.54) is 36.6 Å². The van der Waals surface area contributed by atoms with Crippen molar-refractivity contribution in [2.75, 3.05) is 26.2 Å². The molecule has 3 heterocycles. The van der Waals surface area contributed by atoms with E-state index in [2.05, 4.69) is 20.2 Å². The quantitative estimate of drug-likeness (QED) is 0.718. The summed E-state index contributed by atoms with van der Waals surface area (Å²) in [5.74, 6) is -0.208. The van der Waals surface area contributed by atoms with Gasteiger partial charge in [-0.2, -0.15) is 0 Å². The number of nitrogens with zero attached hydrogens (tertiary/aromatic N) is 5. The Labute approximate surface area is 168 Å². The molecule has 3 aromatic rings. The van der Waals surface area contributed by atoms with Crippen molar-refractivity contribution < 1.29 is 4.79 Å².